The molecule has 146 valence electrons. The van der Waals surface area contributed by atoms with E-state index in [1.165, 1.54) is 29.8 Å². The topological polar surface area (TPSA) is 86.1 Å². The maximum absolute atomic E-state index is 13.1. The van der Waals surface area contributed by atoms with Crippen LogP contribution in [0.4, 0.5) is 5.13 Å². The van der Waals surface area contributed by atoms with Gasteiger partial charge in [0, 0.05) is 22.8 Å². The molecule has 0 saturated heterocycles. The fraction of sp³-hybridized carbons (Fsp3) is 0.100. The molecule has 1 amide bonds. The summed E-state index contributed by atoms with van der Waals surface area (Å²) in [6.07, 6.45) is 3.75. The minimum absolute atomic E-state index is 0.202. The molecule has 0 aliphatic carbocycles. The zero-order valence-electron chi connectivity index (χ0n) is 15.6. The molecule has 9 heteroatoms. The number of ether oxygens (including phenoxy) is 1. The van der Waals surface area contributed by atoms with Crippen molar-refractivity contribution in [3.8, 4) is 16.4 Å². The molecule has 7 nitrogen and oxygen atoms in total. The van der Waals surface area contributed by atoms with Crippen LogP contribution in [0.5, 0.6) is 0 Å². The molecular formula is C20H16N4O3S2. The van der Waals surface area contributed by atoms with Gasteiger partial charge in [0.25, 0.3) is 5.91 Å². The van der Waals surface area contributed by atoms with E-state index in [0.717, 1.165) is 5.56 Å². The molecule has 29 heavy (non-hydrogen) atoms. The predicted octanol–water partition coefficient (Wildman–Crippen LogP) is 4.40. The molecule has 3 aromatic heterocycles. The Kier molecular flexibility index (Phi) is 5.24. The van der Waals surface area contributed by atoms with Crippen molar-refractivity contribution >= 4 is 39.7 Å². The monoisotopic (exact) mass is 424 g/mol. The highest BCUT2D eigenvalue weighted by molar-refractivity contribution is 7.17. The van der Waals surface area contributed by atoms with Crippen LogP contribution in [0.25, 0.3) is 16.4 Å². The van der Waals surface area contributed by atoms with E-state index in [1.54, 1.807) is 6.92 Å². The summed E-state index contributed by atoms with van der Waals surface area (Å²) in [6, 6.07) is 13.3. The van der Waals surface area contributed by atoms with Crippen molar-refractivity contribution in [1.82, 2.24) is 14.5 Å². The Labute approximate surface area is 174 Å². The van der Waals surface area contributed by atoms with Gasteiger partial charge in [-0.3, -0.25) is 10.1 Å². The number of methoxy groups -OCH3 is 1. The summed E-state index contributed by atoms with van der Waals surface area (Å²) in [5.41, 5.74) is 1.64. The number of nitrogens with one attached hydrogen (secondary N) is 1. The molecule has 0 fully saturated rings. The van der Waals surface area contributed by atoms with Crippen LogP contribution in [0.1, 0.15) is 25.0 Å². The number of amides is 1. The summed E-state index contributed by atoms with van der Waals surface area (Å²) >= 11 is 2.51. The van der Waals surface area contributed by atoms with Gasteiger partial charge in [-0.2, -0.15) is 0 Å². The Bertz CT molecular complexity index is 1160. The van der Waals surface area contributed by atoms with Crippen molar-refractivity contribution in [3.63, 3.8) is 0 Å². The van der Waals surface area contributed by atoms with Crippen LogP contribution >= 0.6 is 22.7 Å². The zero-order chi connectivity index (χ0) is 20.4. The number of hydrogen-bond donors (Lipinski definition) is 1. The Hall–Kier alpha value is -3.30. The van der Waals surface area contributed by atoms with Crippen molar-refractivity contribution in [3.05, 3.63) is 70.3 Å². The number of benzene rings is 1. The summed E-state index contributed by atoms with van der Waals surface area (Å²) < 4.78 is 6.58. The van der Waals surface area contributed by atoms with Crippen molar-refractivity contribution in [1.29, 1.82) is 0 Å². The van der Waals surface area contributed by atoms with Crippen molar-refractivity contribution in [2.24, 2.45) is 0 Å². The number of nitrogens with zero attached hydrogens (tertiary/aromatic N) is 3. The Morgan fingerprint density at radius 2 is 1.76 bits per heavy atom. The van der Waals surface area contributed by atoms with E-state index in [-0.39, 0.29) is 11.6 Å². The minimum Gasteiger partial charge on any atom is -0.464 e. The molecular weight excluding hydrogens is 408 g/mol. The number of carbonyl (C=O) groups excluding carboxylic acids is 2. The SMILES string of the molecule is COC(=O)c1nc(NC(=O)c2sc(-n3cccc3)nc2-c2ccccc2)sc1C. The molecule has 0 spiro atoms. The minimum atomic E-state index is -0.531. The second-order valence-electron chi connectivity index (χ2n) is 6.00. The lowest BCUT2D eigenvalue weighted by Crippen LogP contribution is -2.12. The van der Waals surface area contributed by atoms with E-state index in [9.17, 15) is 9.59 Å². The first-order valence-electron chi connectivity index (χ1n) is 8.63. The number of thiazole rings is 2. The molecule has 0 atom stereocenters. The lowest BCUT2D eigenvalue weighted by Gasteiger charge is -2.02. The quantitative estimate of drug-likeness (QED) is 0.480. The molecule has 3 heterocycles. The van der Waals surface area contributed by atoms with Gasteiger partial charge < -0.3 is 9.30 Å². The highest BCUT2D eigenvalue weighted by Crippen LogP contribution is 2.32. The molecule has 0 aliphatic heterocycles. The van der Waals surface area contributed by atoms with Gasteiger partial charge in [0.15, 0.2) is 16.0 Å². The highest BCUT2D eigenvalue weighted by Gasteiger charge is 2.23. The van der Waals surface area contributed by atoms with E-state index in [2.05, 4.69) is 15.3 Å². The summed E-state index contributed by atoms with van der Waals surface area (Å²) in [4.78, 5) is 34.8. The van der Waals surface area contributed by atoms with Crippen LogP contribution < -0.4 is 5.32 Å². The van der Waals surface area contributed by atoms with Gasteiger partial charge in [-0.1, -0.05) is 41.7 Å². The number of aromatic nitrogens is 3. The van der Waals surface area contributed by atoms with Crippen molar-refractivity contribution in [2.75, 3.05) is 12.4 Å². The van der Waals surface area contributed by atoms with Crippen LogP contribution in [0.3, 0.4) is 0 Å². The van der Waals surface area contributed by atoms with E-state index < -0.39 is 5.97 Å². The van der Waals surface area contributed by atoms with Gasteiger partial charge in [-0.15, -0.1) is 11.3 Å². The van der Waals surface area contributed by atoms with Gasteiger partial charge in [-0.25, -0.2) is 14.8 Å². The van der Waals surface area contributed by atoms with E-state index in [0.29, 0.717) is 25.7 Å². The summed E-state index contributed by atoms with van der Waals surface area (Å²) in [5.74, 6) is -0.859. The van der Waals surface area contributed by atoms with Gasteiger partial charge in [0.1, 0.15) is 4.88 Å². The van der Waals surface area contributed by atoms with Crippen LogP contribution in [0.2, 0.25) is 0 Å². The van der Waals surface area contributed by atoms with Gasteiger partial charge >= 0.3 is 5.97 Å². The number of rotatable bonds is 5. The van der Waals surface area contributed by atoms with Crippen molar-refractivity contribution in [2.45, 2.75) is 6.92 Å². The van der Waals surface area contributed by atoms with Gasteiger partial charge in [0.05, 0.1) is 12.8 Å². The molecule has 4 aromatic rings. The second kappa shape index (κ2) is 7.98. The molecule has 0 saturated carbocycles. The summed E-state index contributed by atoms with van der Waals surface area (Å²) in [5, 5.41) is 3.81. The molecule has 1 N–H and O–H groups in total. The van der Waals surface area contributed by atoms with E-state index in [1.807, 2.05) is 59.4 Å². The van der Waals surface area contributed by atoms with Crippen LogP contribution in [-0.4, -0.2) is 33.5 Å². The van der Waals surface area contributed by atoms with Gasteiger partial charge in [0.2, 0.25) is 0 Å². The standard InChI is InChI=1S/C20H16N4O3S2/c1-12-14(18(26)27-2)21-19(28-12)23-17(25)16-15(13-8-4-3-5-9-13)22-20(29-16)24-10-6-7-11-24/h3-11H,1-2H3,(H,21,23,25). The number of esters is 1. The Morgan fingerprint density at radius 1 is 1.03 bits per heavy atom. The fourth-order valence-electron chi connectivity index (χ4n) is 2.72. The van der Waals surface area contributed by atoms with Gasteiger partial charge in [-0.05, 0) is 19.1 Å². The molecule has 0 bridgehead atoms. The highest BCUT2D eigenvalue weighted by atomic mass is 32.1. The third-order valence-corrected chi connectivity index (χ3v) is 6.04. The predicted molar refractivity (Wildman–Crippen MR) is 113 cm³/mol. The summed E-state index contributed by atoms with van der Waals surface area (Å²) in [7, 11) is 1.30. The molecule has 0 unspecified atom stereocenters. The van der Waals surface area contributed by atoms with E-state index in [4.69, 9.17) is 4.74 Å². The lowest BCUT2D eigenvalue weighted by molar-refractivity contribution is 0.0594. The van der Waals surface area contributed by atoms with Crippen LogP contribution in [-0.2, 0) is 4.74 Å². The first kappa shape index (κ1) is 19.0. The average molecular weight is 425 g/mol. The number of carbonyl (C=O) groups is 2. The summed E-state index contributed by atoms with van der Waals surface area (Å²) in [6.45, 7) is 1.76. The Balaban J connectivity index is 1.70. The molecule has 1 aromatic carbocycles. The second-order valence-corrected chi connectivity index (χ2v) is 8.18. The third kappa shape index (κ3) is 3.82. The molecule has 0 aliphatic rings. The van der Waals surface area contributed by atoms with Crippen molar-refractivity contribution < 1.29 is 14.3 Å². The normalized spacial score (nSPS) is 10.7. The zero-order valence-corrected chi connectivity index (χ0v) is 17.2. The van der Waals surface area contributed by atoms with E-state index >= 15 is 0 Å². The number of anilines is 1. The first-order chi connectivity index (χ1) is 14.1. The lowest BCUT2D eigenvalue weighted by atomic mass is 10.1. The smallest absolute Gasteiger partial charge is 0.357 e. The average Bonchev–Trinajstić information content (AvgIpc) is 3.47. The first-order valence-corrected chi connectivity index (χ1v) is 10.3. The number of hydrogen-bond acceptors (Lipinski definition) is 7. The molecule has 0 radical (unpaired) electrons. The third-order valence-electron chi connectivity index (χ3n) is 4.09. The fourth-order valence-corrected chi connectivity index (χ4v) is 4.46. The molecule has 4 rings (SSSR count). The maximum atomic E-state index is 13.1. The largest absolute Gasteiger partial charge is 0.464 e. The maximum Gasteiger partial charge on any atom is 0.357 e. The Morgan fingerprint density at radius 3 is 2.45 bits per heavy atom. The van der Waals surface area contributed by atoms with Crippen LogP contribution in [0, 0.1) is 6.92 Å². The number of aryl methyl sites for hydroxylation is 1. The van der Waals surface area contributed by atoms with Crippen LogP contribution in [0.15, 0.2) is 54.9 Å².